The Morgan fingerprint density at radius 2 is 2.28 bits per heavy atom. The Morgan fingerprint density at radius 3 is 3.06 bits per heavy atom. The minimum absolute atomic E-state index is 0.240. The van der Waals surface area contributed by atoms with E-state index in [1.54, 1.807) is 10.6 Å². The fourth-order valence-corrected chi connectivity index (χ4v) is 2.22. The molecule has 0 unspecified atom stereocenters. The first kappa shape index (κ1) is 11.2. The molecule has 2 N–H and O–H groups in total. The van der Waals surface area contributed by atoms with E-state index in [-0.39, 0.29) is 12.4 Å². The molecule has 0 saturated carbocycles. The van der Waals surface area contributed by atoms with Crippen molar-refractivity contribution in [3.05, 3.63) is 41.2 Å². The zero-order valence-electron chi connectivity index (χ0n) is 9.22. The van der Waals surface area contributed by atoms with Crippen molar-refractivity contribution in [1.82, 2.24) is 20.1 Å². The van der Waals surface area contributed by atoms with Crippen molar-refractivity contribution in [2.75, 3.05) is 0 Å². The summed E-state index contributed by atoms with van der Waals surface area (Å²) in [6.45, 7) is 0.151. The topological polar surface area (TPSA) is 63.0 Å². The molecule has 92 valence electrons. The van der Waals surface area contributed by atoms with Crippen molar-refractivity contribution in [2.24, 2.45) is 0 Å². The number of halogens is 1. The fraction of sp³-hybridized carbons (Fsp3) is 0.182. The van der Waals surface area contributed by atoms with Crippen LogP contribution < -0.4 is 5.32 Å². The molecule has 1 aromatic carbocycles. The van der Waals surface area contributed by atoms with Crippen LogP contribution in [0.25, 0.3) is 5.69 Å². The number of rotatable bonds is 1. The summed E-state index contributed by atoms with van der Waals surface area (Å²) in [6.07, 6.45) is 0. The normalized spacial score (nSPS) is 13.6. The molecular weight excluding hydrogens is 255 g/mol. The molecule has 0 saturated heterocycles. The number of benzene rings is 1. The largest absolute Gasteiger partial charge is 0.388 e. The molecule has 0 fully saturated rings. The standard InChI is InChI=1S/C11H9FN4OS/c12-6-1-2-8-7(3-6)11(18)13-4-9-14-15-10(5-17)16(8)9/h1-3,17H,4-5H2,(H,13,18). The molecule has 1 aromatic heterocycles. The summed E-state index contributed by atoms with van der Waals surface area (Å²) in [7, 11) is 0. The molecule has 0 radical (unpaired) electrons. The third kappa shape index (κ3) is 1.59. The van der Waals surface area contributed by atoms with Gasteiger partial charge in [-0.2, -0.15) is 0 Å². The molecule has 2 heterocycles. The Bertz CT molecular complexity index is 640. The third-order valence-electron chi connectivity index (χ3n) is 2.79. The second kappa shape index (κ2) is 4.11. The zero-order chi connectivity index (χ0) is 12.7. The highest BCUT2D eigenvalue weighted by Gasteiger charge is 2.21. The number of hydrogen-bond acceptors (Lipinski definition) is 4. The summed E-state index contributed by atoms with van der Waals surface area (Å²) in [6, 6.07) is 4.31. The van der Waals surface area contributed by atoms with Crippen LogP contribution in [0.4, 0.5) is 4.39 Å². The Balaban J connectivity index is 2.31. The fourth-order valence-electron chi connectivity index (χ4n) is 1.99. The number of aromatic nitrogens is 3. The summed E-state index contributed by atoms with van der Waals surface area (Å²) < 4.78 is 15.0. The number of fused-ring (bicyclic) bond motifs is 3. The highest BCUT2D eigenvalue weighted by atomic mass is 32.1. The van der Waals surface area contributed by atoms with Gasteiger partial charge < -0.3 is 10.4 Å². The second-order valence-electron chi connectivity index (χ2n) is 3.87. The summed E-state index contributed by atoms with van der Waals surface area (Å²) >= 11 is 5.20. The van der Waals surface area contributed by atoms with E-state index in [2.05, 4.69) is 15.5 Å². The van der Waals surface area contributed by atoms with Gasteiger partial charge in [0.05, 0.1) is 12.2 Å². The van der Waals surface area contributed by atoms with Crippen LogP contribution in [0.1, 0.15) is 17.2 Å². The highest BCUT2D eigenvalue weighted by Crippen LogP contribution is 2.22. The first-order valence-corrected chi connectivity index (χ1v) is 5.73. The van der Waals surface area contributed by atoms with Crippen molar-refractivity contribution in [1.29, 1.82) is 0 Å². The van der Waals surface area contributed by atoms with Gasteiger partial charge in [-0.1, -0.05) is 12.2 Å². The third-order valence-corrected chi connectivity index (χ3v) is 3.15. The molecule has 18 heavy (non-hydrogen) atoms. The maximum absolute atomic E-state index is 13.3. The smallest absolute Gasteiger partial charge is 0.163 e. The number of hydrogen-bond donors (Lipinski definition) is 2. The minimum atomic E-state index is -0.361. The van der Waals surface area contributed by atoms with Crippen molar-refractivity contribution in [3.63, 3.8) is 0 Å². The van der Waals surface area contributed by atoms with Crippen molar-refractivity contribution in [3.8, 4) is 5.69 Å². The Hall–Kier alpha value is -1.86. The van der Waals surface area contributed by atoms with Gasteiger partial charge in [0.15, 0.2) is 11.6 Å². The average molecular weight is 264 g/mol. The number of nitrogens with one attached hydrogen (secondary N) is 1. The summed E-state index contributed by atoms with van der Waals surface area (Å²) in [5, 5.41) is 20.1. The van der Waals surface area contributed by atoms with Crippen molar-refractivity contribution < 1.29 is 9.50 Å². The molecule has 0 atom stereocenters. The van der Waals surface area contributed by atoms with Crippen LogP contribution in [0.3, 0.4) is 0 Å². The lowest BCUT2D eigenvalue weighted by Gasteiger charge is -2.10. The predicted molar refractivity (Wildman–Crippen MR) is 65.8 cm³/mol. The van der Waals surface area contributed by atoms with Crippen LogP contribution in [0.5, 0.6) is 0 Å². The Labute approximate surface area is 107 Å². The molecular formula is C11H9FN4OS. The van der Waals surface area contributed by atoms with E-state index in [0.717, 1.165) is 0 Å². The Morgan fingerprint density at radius 1 is 1.44 bits per heavy atom. The highest BCUT2D eigenvalue weighted by molar-refractivity contribution is 7.80. The number of aliphatic hydroxyl groups excluding tert-OH is 1. The molecule has 7 heteroatoms. The lowest BCUT2D eigenvalue weighted by atomic mass is 10.1. The van der Waals surface area contributed by atoms with E-state index in [1.165, 1.54) is 12.1 Å². The van der Waals surface area contributed by atoms with Gasteiger partial charge in [-0.15, -0.1) is 10.2 Å². The van der Waals surface area contributed by atoms with Gasteiger partial charge >= 0.3 is 0 Å². The zero-order valence-corrected chi connectivity index (χ0v) is 10.0. The monoisotopic (exact) mass is 264 g/mol. The van der Waals surface area contributed by atoms with Gasteiger partial charge in [-0.05, 0) is 18.2 Å². The minimum Gasteiger partial charge on any atom is -0.388 e. The first-order valence-electron chi connectivity index (χ1n) is 5.33. The van der Waals surface area contributed by atoms with Gasteiger partial charge in [0, 0.05) is 5.56 Å². The maximum Gasteiger partial charge on any atom is 0.163 e. The average Bonchev–Trinajstić information content (AvgIpc) is 2.73. The first-order chi connectivity index (χ1) is 8.70. The molecule has 1 aliphatic heterocycles. The quantitative estimate of drug-likeness (QED) is 0.742. The lowest BCUT2D eigenvalue weighted by molar-refractivity contribution is 0.268. The van der Waals surface area contributed by atoms with Crippen LogP contribution in [0.15, 0.2) is 18.2 Å². The number of nitrogens with zero attached hydrogens (tertiary/aromatic N) is 3. The molecule has 3 rings (SSSR count). The van der Waals surface area contributed by atoms with Crippen LogP contribution >= 0.6 is 12.2 Å². The molecule has 0 bridgehead atoms. The molecule has 1 aliphatic rings. The van der Waals surface area contributed by atoms with E-state index < -0.39 is 0 Å². The van der Waals surface area contributed by atoms with E-state index in [0.29, 0.717) is 34.4 Å². The van der Waals surface area contributed by atoms with E-state index in [1.807, 2.05) is 0 Å². The Kier molecular flexibility index (Phi) is 2.57. The van der Waals surface area contributed by atoms with Crippen LogP contribution in [0, 0.1) is 5.82 Å². The summed E-state index contributed by atoms with van der Waals surface area (Å²) in [5.74, 6) is 0.677. The van der Waals surface area contributed by atoms with Crippen molar-refractivity contribution >= 4 is 17.2 Å². The molecule has 0 spiro atoms. The van der Waals surface area contributed by atoms with Gasteiger partial charge in [0.2, 0.25) is 0 Å². The molecule has 5 nitrogen and oxygen atoms in total. The number of aliphatic hydroxyl groups is 1. The lowest BCUT2D eigenvalue weighted by Crippen LogP contribution is -2.20. The van der Waals surface area contributed by atoms with Gasteiger partial charge in [-0.3, -0.25) is 4.57 Å². The van der Waals surface area contributed by atoms with E-state index in [9.17, 15) is 9.50 Å². The summed E-state index contributed by atoms with van der Waals surface area (Å²) in [4.78, 5) is 0.457. The predicted octanol–water partition coefficient (Wildman–Crippen LogP) is 0.677. The number of thiocarbonyl (C=S) groups is 1. The van der Waals surface area contributed by atoms with E-state index in [4.69, 9.17) is 12.2 Å². The summed E-state index contributed by atoms with van der Waals surface area (Å²) in [5.41, 5.74) is 1.24. The van der Waals surface area contributed by atoms with Crippen LogP contribution in [0.2, 0.25) is 0 Å². The molecule has 0 aliphatic carbocycles. The SMILES string of the molecule is OCc1nnc2n1-c1ccc(F)cc1C(=S)NC2. The van der Waals surface area contributed by atoms with Crippen LogP contribution in [-0.4, -0.2) is 24.9 Å². The molecule has 2 aromatic rings. The maximum atomic E-state index is 13.3. The van der Waals surface area contributed by atoms with Crippen LogP contribution in [-0.2, 0) is 13.2 Å². The van der Waals surface area contributed by atoms with E-state index >= 15 is 0 Å². The van der Waals surface area contributed by atoms with Gasteiger partial charge in [-0.25, -0.2) is 4.39 Å². The van der Waals surface area contributed by atoms with Gasteiger partial charge in [0.25, 0.3) is 0 Å². The van der Waals surface area contributed by atoms with Gasteiger partial charge in [0.1, 0.15) is 17.4 Å². The second-order valence-corrected chi connectivity index (χ2v) is 4.28. The molecule has 0 amide bonds. The van der Waals surface area contributed by atoms with Crippen molar-refractivity contribution in [2.45, 2.75) is 13.2 Å².